The Bertz CT molecular complexity index is 1400. The molecule has 0 unspecified atom stereocenters. The Labute approximate surface area is 196 Å². The van der Waals surface area contributed by atoms with Gasteiger partial charge in [0.1, 0.15) is 11.3 Å². The summed E-state index contributed by atoms with van der Waals surface area (Å²) in [4.78, 5) is 58.8. The molecule has 1 fully saturated rings. The first-order chi connectivity index (χ1) is 16.7. The smallest absolute Gasteiger partial charge is 0.335 e. The maximum Gasteiger partial charge on any atom is 0.335 e. The lowest BCUT2D eigenvalue weighted by Gasteiger charge is -2.26. The van der Waals surface area contributed by atoms with Crippen molar-refractivity contribution in [2.24, 2.45) is 0 Å². The summed E-state index contributed by atoms with van der Waals surface area (Å²) < 4.78 is 5.50. The Hall–Kier alpha value is -5.39. The molecule has 0 aromatic heterocycles. The van der Waals surface area contributed by atoms with Gasteiger partial charge >= 0.3 is 11.7 Å². The predicted molar refractivity (Wildman–Crippen MR) is 122 cm³/mol. The summed E-state index contributed by atoms with van der Waals surface area (Å²) in [5.74, 6) is -1.68. The van der Waals surface area contributed by atoms with E-state index in [-0.39, 0.29) is 17.1 Å². The molecule has 3 aromatic carbocycles. The second kappa shape index (κ2) is 9.23. The highest BCUT2D eigenvalue weighted by atomic mass is 16.6. The van der Waals surface area contributed by atoms with Gasteiger partial charge in [0.25, 0.3) is 17.5 Å². The van der Waals surface area contributed by atoms with Crippen LogP contribution in [0.15, 0.2) is 78.4 Å². The summed E-state index contributed by atoms with van der Waals surface area (Å²) in [7, 11) is 0. The van der Waals surface area contributed by atoms with Gasteiger partial charge < -0.3 is 4.74 Å². The zero-order valence-electron chi connectivity index (χ0n) is 17.6. The van der Waals surface area contributed by atoms with Gasteiger partial charge in [-0.3, -0.25) is 35.1 Å². The monoisotopic (exact) mass is 474 g/mol. The molecule has 0 atom stereocenters. The fourth-order valence-electron chi connectivity index (χ4n) is 3.24. The third-order valence-corrected chi connectivity index (χ3v) is 4.89. The van der Waals surface area contributed by atoms with Crippen LogP contribution in [0.2, 0.25) is 0 Å². The van der Waals surface area contributed by atoms with Gasteiger partial charge in [0.05, 0.1) is 21.6 Å². The molecule has 1 heterocycles. The maximum atomic E-state index is 12.9. The summed E-state index contributed by atoms with van der Waals surface area (Å²) in [6.45, 7) is 0. The molecule has 1 N–H and O–H groups in total. The number of hydrogen-bond acceptors (Lipinski definition) is 8. The Kier molecular flexibility index (Phi) is 6.01. The summed E-state index contributed by atoms with van der Waals surface area (Å²) in [5, 5.41) is 24.3. The summed E-state index contributed by atoms with van der Waals surface area (Å²) in [6.07, 6.45) is 1.29. The Morgan fingerprint density at radius 1 is 0.857 bits per heavy atom. The SMILES string of the molecule is O=C1NC(=O)N(c2ccccc2)C(=O)/C1=C/c1ccc(Oc2ccc([N+](=O)[O-])cc2[N+](=O)[O-])cc1. The number of urea groups is 1. The minimum absolute atomic E-state index is 0.171. The van der Waals surface area contributed by atoms with Crippen LogP contribution in [0.1, 0.15) is 5.56 Å². The summed E-state index contributed by atoms with van der Waals surface area (Å²) >= 11 is 0. The zero-order valence-corrected chi connectivity index (χ0v) is 17.6. The van der Waals surface area contributed by atoms with Crippen LogP contribution in [0.4, 0.5) is 21.9 Å². The number of hydrogen-bond donors (Lipinski definition) is 1. The van der Waals surface area contributed by atoms with Crippen LogP contribution in [-0.2, 0) is 9.59 Å². The van der Waals surface area contributed by atoms with E-state index in [0.717, 1.165) is 23.1 Å². The second-order valence-corrected chi connectivity index (χ2v) is 7.13. The Morgan fingerprint density at radius 2 is 1.54 bits per heavy atom. The largest absolute Gasteiger partial charge is 0.450 e. The maximum absolute atomic E-state index is 12.9. The summed E-state index contributed by atoms with van der Waals surface area (Å²) in [6, 6.07) is 16.1. The molecule has 12 heteroatoms. The second-order valence-electron chi connectivity index (χ2n) is 7.13. The highest BCUT2D eigenvalue weighted by molar-refractivity contribution is 6.39. The van der Waals surface area contributed by atoms with Crippen molar-refractivity contribution in [2.75, 3.05) is 4.90 Å². The minimum atomic E-state index is -0.864. The molecule has 0 radical (unpaired) electrons. The molecular formula is C23H14N4O8. The first kappa shape index (κ1) is 22.8. The van der Waals surface area contributed by atoms with Crippen molar-refractivity contribution in [1.82, 2.24) is 5.32 Å². The topological polar surface area (TPSA) is 162 Å². The molecule has 1 saturated heterocycles. The van der Waals surface area contributed by atoms with E-state index in [0.29, 0.717) is 11.3 Å². The number of benzene rings is 3. The van der Waals surface area contributed by atoms with Crippen LogP contribution in [0.3, 0.4) is 0 Å². The van der Waals surface area contributed by atoms with Gasteiger partial charge in [-0.15, -0.1) is 0 Å². The van der Waals surface area contributed by atoms with Gasteiger partial charge in [-0.25, -0.2) is 9.69 Å². The van der Waals surface area contributed by atoms with Gasteiger partial charge in [-0.1, -0.05) is 30.3 Å². The van der Waals surface area contributed by atoms with E-state index in [1.807, 2.05) is 0 Å². The highest BCUT2D eigenvalue weighted by Gasteiger charge is 2.36. The predicted octanol–water partition coefficient (Wildman–Crippen LogP) is 3.96. The first-order valence-electron chi connectivity index (χ1n) is 9.92. The molecule has 3 aromatic rings. The number of nitrogens with zero attached hydrogens (tertiary/aromatic N) is 3. The molecule has 0 aliphatic carbocycles. The van der Waals surface area contributed by atoms with Gasteiger partial charge in [0.2, 0.25) is 5.75 Å². The number of anilines is 1. The Balaban J connectivity index is 1.58. The summed E-state index contributed by atoms with van der Waals surface area (Å²) in [5.41, 5.74) is -0.601. The van der Waals surface area contributed by atoms with Crippen molar-refractivity contribution >= 4 is 41.0 Å². The fourth-order valence-corrected chi connectivity index (χ4v) is 3.24. The molecule has 12 nitrogen and oxygen atoms in total. The lowest BCUT2D eigenvalue weighted by molar-refractivity contribution is -0.394. The van der Waals surface area contributed by atoms with Gasteiger partial charge in [-0.05, 0) is 42.0 Å². The van der Waals surface area contributed by atoms with Crippen molar-refractivity contribution in [3.8, 4) is 11.5 Å². The van der Waals surface area contributed by atoms with E-state index in [2.05, 4.69) is 5.32 Å². The molecule has 1 aliphatic heterocycles. The number of nitrogens with one attached hydrogen (secondary N) is 1. The number of imide groups is 2. The van der Waals surface area contributed by atoms with E-state index in [4.69, 9.17) is 4.74 Å². The molecule has 0 saturated carbocycles. The number of nitro groups is 2. The van der Waals surface area contributed by atoms with Crippen LogP contribution >= 0.6 is 0 Å². The molecule has 174 valence electrons. The van der Waals surface area contributed by atoms with Crippen molar-refractivity contribution in [1.29, 1.82) is 0 Å². The number of non-ortho nitro benzene ring substituents is 1. The fraction of sp³-hybridized carbons (Fsp3) is 0. The van der Waals surface area contributed by atoms with Crippen LogP contribution in [0, 0.1) is 20.2 Å². The normalized spacial score (nSPS) is 14.6. The standard InChI is InChI=1S/C23H14N4O8/c28-21-18(22(29)25(23(30)24-21)15-4-2-1-3-5-15)12-14-6-9-17(10-7-14)35-20-11-8-16(26(31)32)13-19(20)27(33)34/h1-13H,(H,24,28,30)/b18-12+. The first-order valence-corrected chi connectivity index (χ1v) is 9.92. The zero-order chi connectivity index (χ0) is 25.1. The van der Waals surface area contributed by atoms with Crippen LogP contribution in [-0.4, -0.2) is 27.7 Å². The van der Waals surface area contributed by atoms with E-state index < -0.39 is 39.1 Å². The number of barbiturate groups is 1. The lowest BCUT2D eigenvalue weighted by Crippen LogP contribution is -2.54. The number of para-hydroxylation sites is 1. The lowest BCUT2D eigenvalue weighted by atomic mass is 10.1. The number of ether oxygens (including phenoxy) is 1. The number of amides is 4. The van der Waals surface area contributed by atoms with Gasteiger partial charge in [0, 0.05) is 6.07 Å². The molecular weight excluding hydrogens is 460 g/mol. The van der Waals surface area contributed by atoms with E-state index in [9.17, 15) is 34.6 Å². The van der Waals surface area contributed by atoms with Crippen molar-refractivity contribution in [3.05, 3.63) is 104 Å². The molecule has 1 aliphatic rings. The minimum Gasteiger partial charge on any atom is -0.450 e. The number of carbonyl (C=O) groups is 3. The van der Waals surface area contributed by atoms with E-state index in [1.165, 1.54) is 30.3 Å². The van der Waals surface area contributed by atoms with Crippen molar-refractivity contribution < 1.29 is 29.0 Å². The average molecular weight is 474 g/mol. The third kappa shape index (κ3) is 4.71. The van der Waals surface area contributed by atoms with E-state index in [1.54, 1.807) is 30.3 Å². The average Bonchev–Trinajstić information content (AvgIpc) is 2.83. The van der Waals surface area contributed by atoms with Crippen molar-refractivity contribution in [2.45, 2.75) is 0 Å². The van der Waals surface area contributed by atoms with Crippen LogP contribution in [0.5, 0.6) is 11.5 Å². The highest BCUT2D eigenvalue weighted by Crippen LogP contribution is 2.34. The van der Waals surface area contributed by atoms with Crippen LogP contribution < -0.4 is 15.0 Å². The van der Waals surface area contributed by atoms with Crippen molar-refractivity contribution in [3.63, 3.8) is 0 Å². The number of carbonyl (C=O) groups excluding carboxylic acids is 3. The molecule has 4 rings (SSSR count). The molecule has 4 amide bonds. The number of nitro benzene ring substituents is 2. The van der Waals surface area contributed by atoms with Crippen LogP contribution in [0.25, 0.3) is 6.08 Å². The van der Waals surface area contributed by atoms with E-state index >= 15 is 0 Å². The van der Waals surface area contributed by atoms with Gasteiger partial charge in [-0.2, -0.15) is 0 Å². The quantitative estimate of drug-likeness (QED) is 0.243. The third-order valence-electron chi connectivity index (χ3n) is 4.89. The molecule has 0 spiro atoms. The molecule has 35 heavy (non-hydrogen) atoms. The Morgan fingerprint density at radius 3 is 2.17 bits per heavy atom. The van der Waals surface area contributed by atoms with Gasteiger partial charge in [0.15, 0.2) is 0 Å². The number of rotatable bonds is 6. The molecule has 0 bridgehead atoms.